The minimum atomic E-state index is 0.451. The van der Waals surface area contributed by atoms with Crippen molar-refractivity contribution in [2.75, 3.05) is 13.2 Å². The monoisotopic (exact) mass is 287 g/mol. The molecule has 0 saturated heterocycles. The van der Waals surface area contributed by atoms with E-state index in [1.54, 1.807) is 0 Å². The molecule has 0 amide bonds. The summed E-state index contributed by atoms with van der Waals surface area (Å²) in [5, 5.41) is 3.86. The summed E-state index contributed by atoms with van der Waals surface area (Å²) in [6.45, 7) is 6.39. The first-order valence-electron chi connectivity index (χ1n) is 8.66. The molecule has 0 radical (unpaired) electrons. The summed E-state index contributed by atoms with van der Waals surface area (Å²) in [7, 11) is 0. The van der Waals surface area contributed by atoms with E-state index in [0.29, 0.717) is 23.5 Å². The Bertz CT molecular complexity index is 438. The van der Waals surface area contributed by atoms with Gasteiger partial charge in [0.2, 0.25) is 0 Å². The van der Waals surface area contributed by atoms with Gasteiger partial charge in [0.1, 0.15) is 0 Å². The van der Waals surface area contributed by atoms with E-state index < -0.39 is 0 Å². The van der Waals surface area contributed by atoms with Crippen molar-refractivity contribution < 1.29 is 4.74 Å². The Balaban J connectivity index is 1.56. The number of ether oxygens (including phenoxy) is 1. The molecule has 0 aromatic heterocycles. The molecule has 2 fully saturated rings. The molecule has 1 aromatic rings. The molecule has 2 nitrogen and oxygen atoms in total. The lowest BCUT2D eigenvalue weighted by atomic mass is 9.60. The first kappa shape index (κ1) is 15.1. The Kier molecular flexibility index (Phi) is 4.66. The first-order valence-corrected chi connectivity index (χ1v) is 8.66. The van der Waals surface area contributed by atoms with E-state index in [2.05, 4.69) is 49.5 Å². The van der Waals surface area contributed by atoms with E-state index in [-0.39, 0.29) is 0 Å². The minimum absolute atomic E-state index is 0.451. The van der Waals surface area contributed by atoms with Gasteiger partial charge in [-0.25, -0.2) is 0 Å². The van der Waals surface area contributed by atoms with Gasteiger partial charge < -0.3 is 10.1 Å². The van der Waals surface area contributed by atoms with Crippen LogP contribution in [0.15, 0.2) is 30.3 Å². The SMILES string of the molecule is CCOC1CC(NCC(C)c2ccccc2)C12CCCC2. The Morgan fingerprint density at radius 1 is 1.24 bits per heavy atom. The molecule has 3 unspecified atom stereocenters. The van der Waals surface area contributed by atoms with Crippen LogP contribution < -0.4 is 5.32 Å². The lowest BCUT2D eigenvalue weighted by Gasteiger charge is -2.54. The average molecular weight is 287 g/mol. The molecule has 116 valence electrons. The fourth-order valence-corrected chi connectivity index (χ4v) is 4.39. The van der Waals surface area contributed by atoms with E-state index >= 15 is 0 Å². The molecular weight excluding hydrogens is 258 g/mol. The van der Waals surface area contributed by atoms with Crippen LogP contribution in [0.25, 0.3) is 0 Å². The normalized spacial score (nSPS) is 28.5. The minimum Gasteiger partial charge on any atom is -0.378 e. The Morgan fingerprint density at radius 3 is 2.62 bits per heavy atom. The number of benzene rings is 1. The fraction of sp³-hybridized carbons (Fsp3) is 0.684. The fourth-order valence-electron chi connectivity index (χ4n) is 4.39. The largest absolute Gasteiger partial charge is 0.378 e. The second-order valence-corrected chi connectivity index (χ2v) is 6.89. The van der Waals surface area contributed by atoms with Crippen LogP contribution in [-0.2, 0) is 4.74 Å². The summed E-state index contributed by atoms with van der Waals surface area (Å²) in [5.74, 6) is 0.579. The zero-order chi connectivity index (χ0) is 14.7. The maximum Gasteiger partial charge on any atom is 0.0661 e. The second kappa shape index (κ2) is 6.50. The van der Waals surface area contributed by atoms with Crippen molar-refractivity contribution in [2.24, 2.45) is 5.41 Å². The lowest BCUT2D eigenvalue weighted by molar-refractivity contribution is -0.130. The van der Waals surface area contributed by atoms with Gasteiger partial charge in [-0.15, -0.1) is 0 Å². The van der Waals surface area contributed by atoms with Crippen LogP contribution in [0.1, 0.15) is 57.4 Å². The summed E-state index contributed by atoms with van der Waals surface area (Å²) in [4.78, 5) is 0. The molecule has 2 heteroatoms. The number of hydrogen-bond donors (Lipinski definition) is 1. The van der Waals surface area contributed by atoms with Crippen LogP contribution in [0, 0.1) is 5.41 Å². The van der Waals surface area contributed by atoms with Gasteiger partial charge in [-0.3, -0.25) is 0 Å². The maximum absolute atomic E-state index is 6.00. The molecular formula is C19H29NO. The second-order valence-electron chi connectivity index (χ2n) is 6.89. The highest BCUT2D eigenvalue weighted by Gasteiger charge is 2.56. The van der Waals surface area contributed by atoms with Gasteiger partial charge in [0, 0.05) is 24.6 Å². The summed E-state index contributed by atoms with van der Waals surface area (Å²) >= 11 is 0. The van der Waals surface area contributed by atoms with Crippen molar-refractivity contribution in [2.45, 2.75) is 64.0 Å². The zero-order valence-corrected chi connectivity index (χ0v) is 13.5. The summed E-state index contributed by atoms with van der Waals surface area (Å²) < 4.78 is 6.00. The summed E-state index contributed by atoms with van der Waals surface area (Å²) in [6.07, 6.45) is 7.19. The van der Waals surface area contributed by atoms with Crippen LogP contribution in [0.4, 0.5) is 0 Å². The molecule has 3 rings (SSSR count). The molecule has 0 heterocycles. The zero-order valence-electron chi connectivity index (χ0n) is 13.5. The third kappa shape index (κ3) is 2.89. The van der Waals surface area contributed by atoms with E-state index in [1.165, 1.54) is 37.7 Å². The predicted molar refractivity (Wildman–Crippen MR) is 87.6 cm³/mol. The molecule has 2 saturated carbocycles. The molecule has 0 aliphatic heterocycles. The van der Waals surface area contributed by atoms with Gasteiger partial charge in [0.05, 0.1) is 6.10 Å². The maximum atomic E-state index is 6.00. The molecule has 1 spiro atoms. The molecule has 2 aliphatic carbocycles. The number of nitrogens with one attached hydrogen (secondary N) is 1. The molecule has 3 atom stereocenters. The van der Waals surface area contributed by atoms with Crippen molar-refractivity contribution in [3.8, 4) is 0 Å². The third-order valence-corrected chi connectivity index (χ3v) is 5.73. The smallest absolute Gasteiger partial charge is 0.0661 e. The van der Waals surface area contributed by atoms with E-state index in [0.717, 1.165) is 13.2 Å². The first-order chi connectivity index (χ1) is 10.3. The van der Waals surface area contributed by atoms with Crippen LogP contribution in [0.5, 0.6) is 0 Å². The molecule has 2 aliphatic rings. The van der Waals surface area contributed by atoms with Crippen molar-refractivity contribution in [1.29, 1.82) is 0 Å². The average Bonchev–Trinajstić information content (AvgIpc) is 3.03. The van der Waals surface area contributed by atoms with Crippen LogP contribution >= 0.6 is 0 Å². The topological polar surface area (TPSA) is 21.3 Å². The highest BCUT2D eigenvalue weighted by molar-refractivity contribution is 5.19. The lowest BCUT2D eigenvalue weighted by Crippen LogP contribution is -2.63. The third-order valence-electron chi connectivity index (χ3n) is 5.73. The van der Waals surface area contributed by atoms with Gasteiger partial charge in [-0.05, 0) is 37.7 Å². The van der Waals surface area contributed by atoms with Crippen LogP contribution in [-0.4, -0.2) is 25.3 Å². The summed E-state index contributed by atoms with van der Waals surface area (Å²) in [5.41, 5.74) is 1.89. The van der Waals surface area contributed by atoms with Crippen LogP contribution in [0.2, 0.25) is 0 Å². The Hall–Kier alpha value is -0.860. The van der Waals surface area contributed by atoms with Gasteiger partial charge >= 0.3 is 0 Å². The molecule has 21 heavy (non-hydrogen) atoms. The quantitative estimate of drug-likeness (QED) is 0.850. The van der Waals surface area contributed by atoms with Crippen molar-refractivity contribution in [3.63, 3.8) is 0 Å². The van der Waals surface area contributed by atoms with Gasteiger partial charge in [-0.1, -0.05) is 50.1 Å². The highest BCUT2D eigenvalue weighted by Crippen LogP contribution is 2.54. The predicted octanol–water partition coefficient (Wildman–Crippen LogP) is 4.12. The standard InChI is InChI=1S/C19H29NO/c1-3-21-18-13-17(19(18)11-7-8-12-19)20-14-15(2)16-9-5-4-6-10-16/h4-6,9-10,15,17-18,20H,3,7-8,11-14H2,1-2H3. The van der Waals surface area contributed by atoms with Gasteiger partial charge in [-0.2, -0.15) is 0 Å². The molecule has 1 N–H and O–H groups in total. The highest BCUT2D eigenvalue weighted by atomic mass is 16.5. The summed E-state index contributed by atoms with van der Waals surface area (Å²) in [6, 6.07) is 11.5. The van der Waals surface area contributed by atoms with Crippen LogP contribution in [0.3, 0.4) is 0 Å². The molecule has 0 bridgehead atoms. The van der Waals surface area contributed by atoms with Gasteiger partial charge in [0.15, 0.2) is 0 Å². The van der Waals surface area contributed by atoms with Crippen molar-refractivity contribution in [1.82, 2.24) is 5.32 Å². The molecule has 1 aromatic carbocycles. The van der Waals surface area contributed by atoms with Gasteiger partial charge in [0.25, 0.3) is 0 Å². The Labute approximate surface area is 129 Å². The number of rotatable bonds is 6. The Morgan fingerprint density at radius 2 is 1.95 bits per heavy atom. The number of hydrogen-bond acceptors (Lipinski definition) is 2. The van der Waals surface area contributed by atoms with E-state index in [4.69, 9.17) is 4.74 Å². The van der Waals surface area contributed by atoms with E-state index in [9.17, 15) is 0 Å². The van der Waals surface area contributed by atoms with E-state index in [1.807, 2.05) is 0 Å². The van der Waals surface area contributed by atoms with Crippen molar-refractivity contribution in [3.05, 3.63) is 35.9 Å². The van der Waals surface area contributed by atoms with Crippen molar-refractivity contribution >= 4 is 0 Å².